The monoisotopic (exact) mass is 360 g/mol. The fourth-order valence-electron chi connectivity index (χ4n) is 2.66. The smallest absolute Gasteiger partial charge is 0.266 e. The molecule has 1 amide bonds. The van der Waals surface area contributed by atoms with E-state index in [2.05, 4.69) is 5.32 Å². The number of amides is 1. The highest BCUT2D eigenvalue weighted by Crippen LogP contribution is 2.24. The van der Waals surface area contributed by atoms with Crippen molar-refractivity contribution in [1.29, 1.82) is 5.26 Å². The molecule has 3 rings (SSSR count). The number of nitriles is 1. The van der Waals surface area contributed by atoms with Gasteiger partial charge in [-0.3, -0.25) is 4.79 Å². The van der Waals surface area contributed by atoms with Crippen LogP contribution in [0.25, 0.3) is 17.4 Å². The van der Waals surface area contributed by atoms with Crippen molar-refractivity contribution in [2.75, 3.05) is 5.32 Å². The van der Waals surface area contributed by atoms with E-state index in [0.717, 1.165) is 12.0 Å². The van der Waals surface area contributed by atoms with Gasteiger partial charge in [-0.1, -0.05) is 37.3 Å². The summed E-state index contributed by atoms with van der Waals surface area (Å²) >= 11 is 0. The molecule has 0 unspecified atom stereocenters. The van der Waals surface area contributed by atoms with Gasteiger partial charge in [0.1, 0.15) is 29.0 Å². The number of furan rings is 1. The number of hydrogen-bond acceptors (Lipinski definition) is 3. The lowest BCUT2D eigenvalue weighted by molar-refractivity contribution is -0.112. The minimum atomic E-state index is -0.512. The Bertz CT molecular complexity index is 1040. The minimum absolute atomic E-state index is 0.0824. The van der Waals surface area contributed by atoms with Gasteiger partial charge in [0.05, 0.1) is 0 Å². The van der Waals surface area contributed by atoms with Gasteiger partial charge in [-0.05, 0) is 42.3 Å². The minimum Gasteiger partial charge on any atom is -0.457 e. The van der Waals surface area contributed by atoms with Crippen molar-refractivity contribution in [1.82, 2.24) is 0 Å². The summed E-state index contributed by atoms with van der Waals surface area (Å²) < 4.78 is 19.0. The zero-order valence-electron chi connectivity index (χ0n) is 14.7. The summed E-state index contributed by atoms with van der Waals surface area (Å²) in [4.78, 5) is 12.4. The van der Waals surface area contributed by atoms with Gasteiger partial charge in [-0.15, -0.1) is 0 Å². The van der Waals surface area contributed by atoms with Crippen LogP contribution in [0.2, 0.25) is 0 Å². The van der Waals surface area contributed by atoms with E-state index in [1.165, 1.54) is 18.2 Å². The van der Waals surface area contributed by atoms with E-state index in [-0.39, 0.29) is 11.4 Å². The standard InChI is InChI=1S/C22H17FN2O2/c1-2-15-6-3-4-9-20(15)25-22(26)17(14-24)13-19-10-11-21(27-19)16-7-5-8-18(23)12-16/h3-13H,2H2,1H3,(H,25,26)/b17-13-. The second-order valence-electron chi connectivity index (χ2n) is 5.85. The number of nitrogens with one attached hydrogen (secondary N) is 1. The molecule has 5 heteroatoms. The van der Waals surface area contributed by atoms with E-state index >= 15 is 0 Å². The number of benzene rings is 2. The third-order valence-electron chi connectivity index (χ3n) is 4.03. The van der Waals surface area contributed by atoms with E-state index in [4.69, 9.17) is 4.42 Å². The Morgan fingerprint density at radius 1 is 1.19 bits per heavy atom. The summed E-state index contributed by atoms with van der Waals surface area (Å²) in [5.41, 5.74) is 2.15. The normalized spacial score (nSPS) is 11.1. The van der Waals surface area contributed by atoms with Crippen LogP contribution in [0, 0.1) is 17.1 Å². The molecule has 0 aliphatic heterocycles. The van der Waals surface area contributed by atoms with Gasteiger partial charge >= 0.3 is 0 Å². The Balaban J connectivity index is 1.82. The van der Waals surface area contributed by atoms with Gasteiger partial charge in [0, 0.05) is 17.3 Å². The molecule has 0 atom stereocenters. The van der Waals surface area contributed by atoms with Crippen LogP contribution in [0.3, 0.4) is 0 Å². The number of anilines is 1. The van der Waals surface area contributed by atoms with Crippen LogP contribution in [0.5, 0.6) is 0 Å². The lowest BCUT2D eigenvalue weighted by Crippen LogP contribution is -2.14. The molecular formula is C22H17FN2O2. The fourth-order valence-corrected chi connectivity index (χ4v) is 2.66. The first kappa shape index (κ1) is 18.2. The molecule has 27 heavy (non-hydrogen) atoms. The molecule has 0 saturated heterocycles. The zero-order valence-corrected chi connectivity index (χ0v) is 14.7. The first-order chi connectivity index (χ1) is 13.1. The summed E-state index contributed by atoms with van der Waals surface area (Å²) in [5, 5.41) is 12.1. The quantitative estimate of drug-likeness (QED) is 0.503. The fraction of sp³-hybridized carbons (Fsp3) is 0.0909. The molecule has 0 aliphatic rings. The average Bonchev–Trinajstić information content (AvgIpc) is 3.15. The maximum Gasteiger partial charge on any atom is 0.266 e. The first-order valence-corrected chi connectivity index (χ1v) is 8.47. The van der Waals surface area contributed by atoms with Crippen molar-refractivity contribution in [2.45, 2.75) is 13.3 Å². The van der Waals surface area contributed by atoms with Crippen LogP contribution in [0.1, 0.15) is 18.2 Å². The number of aryl methyl sites for hydroxylation is 1. The zero-order chi connectivity index (χ0) is 19.2. The highest BCUT2D eigenvalue weighted by molar-refractivity contribution is 6.09. The molecule has 0 saturated carbocycles. The van der Waals surface area contributed by atoms with Gasteiger partial charge in [-0.2, -0.15) is 5.26 Å². The Labute approximate surface area is 156 Å². The summed E-state index contributed by atoms with van der Waals surface area (Å²) in [6.45, 7) is 1.99. The Morgan fingerprint density at radius 3 is 2.74 bits per heavy atom. The van der Waals surface area contributed by atoms with Crippen molar-refractivity contribution >= 4 is 17.7 Å². The number of para-hydroxylation sites is 1. The molecule has 0 spiro atoms. The third kappa shape index (κ3) is 4.31. The van der Waals surface area contributed by atoms with Gasteiger partial charge in [0.15, 0.2) is 0 Å². The number of rotatable bonds is 5. The van der Waals surface area contributed by atoms with Crippen LogP contribution in [-0.4, -0.2) is 5.91 Å². The molecule has 2 aromatic carbocycles. The summed E-state index contributed by atoms with van der Waals surface area (Å²) in [6.07, 6.45) is 2.13. The van der Waals surface area contributed by atoms with Gasteiger partial charge in [0.25, 0.3) is 5.91 Å². The van der Waals surface area contributed by atoms with Crippen LogP contribution in [-0.2, 0) is 11.2 Å². The molecule has 1 N–H and O–H groups in total. The highest BCUT2D eigenvalue weighted by Gasteiger charge is 2.13. The van der Waals surface area contributed by atoms with Crippen LogP contribution < -0.4 is 5.32 Å². The summed E-state index contributed by atoms with van der Waals surface area (Å²) in [7, 11) is 0. The number of halogens is 1. The first-order valence-electron chi connectivity index (χ1n) is 8.47. The lowest BCUT2D eigenvalue weighted by Gasteiger charge is -2.08. The number of carbonyl (C=O) groups is 1. The van der Waals surface area contributed by atoms with Gasteiger partial charge in [0.2, 0.25) is 0 Å². The molecule has 0 fully saturated rings. The molecule has 1 heterocycles. The molecule has 3 aromatic rings. The van der Waals surface area contributed by atoms with Crippen LogP contribution in [0.15, 0.2) is 70.7 Å². The van der Waals surface area contributed by atoms with Crippen molar-refractivity contribution < 1.29 is 13.6 Å². The van der Waals surface area contributed by atoms with Crippen LogP contribution >= 0.6 is 0 Å². The molecule has 0 aliphatic carbocycles. The van der Waals surface area contributed by atoms with Crippen molar-refractivity contribution in [2.24, 2.45) is 0 Å². The molecule has 134 valence electrons. The summed E-state index contributed by atoms with van der Waals surface area (Å²) in [6, 6.07) is 18.6. The van der Waals surface area contributed by atoms with Gasteiger partial charge in [-0.25, -0.2) is 4.39 Å². The van der Waals surface area contributed by atoms with Gasteiger partial charge < -0.3 is 9.73 Å². The molecule has 0 radical (unpaired) electrons. The van der Waals surface area contributed by atoms with Crippen molar-refractivity contribution in [3.8, 4) is 17.4 Å². The molecule has 1 aromatic heterocycles. The summed E-state index contributed by atoms with van der Waals surface area (Å²) in [5.74, 6) is -0.0886. The third-order valence-corrected chi connectivity index (χ3v) is 4.03. The number of hydrogen-bond donors (Lipinski definition) is 1. The lowest BCUT2D eigenvalue weighted by atomic mass is 10.1. The molecule has 4 nitrogen and oxygen atoms in total. The molecule has 0 bridgehead atoms. The second kappa shape index (κ2) is 8.15. The Kier molecular flexibility index (Phi) is 5.48. The molecular weight excluding hydrogens is 343 g/mol. The maximum atomic E-state index is 13.3. The average molecular weight is 360 g/mol. The predicted molar refractivity (Wildman–Crippen MR) is 102 cm³/mol. The Morgan fingerprint density at radius 2 is 2.00 bits per heavy atom. The van der Waals surface area contributed by atoms with E-state index in [1.54, 1.807) is 30.3 Å². The second-order valence-corrected chi connectivity index (χ2v) is 5.85. The predicted octanol–water partition coefficient (Wildman–Crippen LogP) is 5.19. The highest BCUT2D eigenvalue weighted by atomic mass is 19.1. The van der Waals surface area contributed by atoms with E-state index in [9.17, 15) is 14.4 Å². The topological polar surface area (TPSA) is 66.0 Å². The van der Waals surface area contributed by atoms with Crippen molar-refractivity contribution in [3.05, 3.63) is 83.4 Å². The Hall–Kier alpha value is -3.65. The van der Waals surface area contributed by atoms with E-state index < -0.39 is 5.91 Å². The number of nitrogens with zero attached hydrogens (tertiary/aromatic N) is 1. The van der Waals surface area contributed by atoms with Crippen molar-refractivity contribution in [3.63, 3.8) is 0 Å². The maximum absolute atomic E-state index is 13.3. The van der Waals surface area contributed by atoms with E-state index in [0.29, 0.717) is 22.8 Å². The van der Waals surface area contributed by atoms with Crippen LogP contribution in [0.4, 0.5) is 10.1 Å². The SMILES string of the molecule is CCc1ccccc1NC(=O)/C(C#N)=C\c1ccc(-c2cccc(F)c2)o1. The van der Waals surface area contributed by atoms with E-state index in [1.807, 2.05) is 31.2 Å². The largest absolute Gasteiger partial charge is 0.457 e. The number of carbonyl (C=O) groups excluding carboxylic acids is 1.